The van der Waals surface area contributed by atoms with Crippen molar-refractivity contribution in [2.24, 2.45) is 0 Å². The molecule has 0 bridgehead atoms. The number of aromatic nitrogens is 2. The highest BCUT2D eigenvalue weighted by Crippen LogP contribution is 2.22. The van der Waals surface area contributed by atoms with Gasteiger partial charge >= 0.3 is 5.76 Å². The minimum absolute atomic E-state index is 0.204. The molecule has 0 unspecified atom stereocenters. The zero-order valence-electron chi connectivity index (χ0n) is 15.3. The molecule has 1 aliphatic heterocycles. The van der Waals surface area contributed by atoms with Crippen LogP contribution in [0, 0.1) is 5.82 Å². The lowest BCUT2D eigenvalue weighted by Gasteiger charge is -2.37. The molecule has 0 atom stereocenters. The molecule has 0 saturated carbocycles. The van der Waals surface area contributed by atoms with Gasteiger partial charge in [0.05, 0.1) is 0 Å². The van der Waals surface area contributed by atoms with Crippen LogP contribution in [0.15, 0.2) is 51.8 Å². The third-order valence-corrected chi connectivity index (χ3v) is 5.38. The first-order valence-electron chi connectivity index (χ1n) is 9.27. The molecule has 27 heavy (non-hydrogen) atoms. The fraction of sp³-hybridized carbons (Fsp3) is 0.400. The van der Waals surface area contributed by atoms with Crippen LogP contribution in [0.5, 0.6) is 0 Å². The quantitative estimate of drug-likeness (QED) is 0.691. The van der Waals surface area contributed by atoms with E-state index in [1.165, 1.54) is 12.1 Å². The Morgan fingerprint density at radius 2 is 1.96 bits per heavy atom. The van der Waals surface area contributed by atoms with Gasteiger partial charge < -0.3 is 14.2 Å². The Hall–Kier alpha value is -2.67. The van der Waals surface area contributed by atoms with Gasteiger partial charge in [-0.3, -0.25) is 4.57 Å². The topological polar surface area (TPSA) is 54.5 Å². The highest BCUT2D eigenvalue weighted by Gasteiger charge is 2.23. The van der Waals surface area contributed by atoms with Crippen LogP contribution < -0.4 is 10.7 Å². The Morgan fingerprint density at radius 3 is 2.70 bits per heavy atom. The van der Waals surface area contributed by atoms with Crippen molar-refractivity contribution in [2.75, 3.05) is 31.6 Å². The van der Waals surface area contributed by atoms with E-state index in [2.05, 4.69) is 21.8 Å². The van der Waals surface area contributed by atoms with Gasteiger partial charge in [0.15, 0.2) is 11.2 Å². The normalized spacial score (nSPS) is 15.7. The van der Waals surface area contributed by atoms with Gasteiger partial charge in [0, 0.05) is 44.1 Å². The van der Waals surface area contributed by atoms with Crippen LogP contribution in [0.4, 0.5) is 10.1 Å². The molecular formula is C20H23FN4O2. The Morgan fingerprint density at radius 1 is 1.22 bits per heavy atom. The molecule has 2 aromatic heterocycles. The first kappa shape index (κ1) is 17.7. The van der Waals surface area contributed by atoms with Gasteiger partial charge in [0.25, 0.3) is 0 Å². The Kier molecular flexibility index (Phi) is 4.94. The van der Waals surface area contributed by atoms with Gasteiger partial charge in [0.2, 0.25) is 0 Å². The van der Waals surface area contributed by atoms with Crippen molar-refractivity contribution in [3.8, 4) is 0 Å². The maximum atomic E-state index is 13.1. The van der Waals surface area contributed by atoms with Gasteiger partial charge in [-0.15, -0.1) is 0 Å². The Labute approximate surface area is 156 Å². The largest absolute Gasteiger partial charge is 0.421 e. The minimum atomic E-state index is -0.358. The number of pyridine rings is 1. The molecule has 1 fully saturated rings. The Balaban J connectivity index is 1.34. The van der Waals surface area contributed by atoms with Crippen molar-refractivity contribution in [3.05, 3.63) is 59.0 Å². The number of fused-ring (bicyclic) bond motifs is 1. The summed E-state index contributed by atoms with van der Waals surface area (Å²) in [5, 5.41) is 0. The predicted octanol–water partition coefficient (Wildman–Crippen LogP) is 2.73. The standard InChI is InChI=1S/C20H23FN4O2/c1-23(13-14-25-19-18(27-20(25)26)3-2-10-22-19)16-8-11-24(12-9-16)17-6-4-15(21)5-7-17/h2-7,10,16H,8-9,11-14H2,1H3. The van der Waals surface area contributed by atoms with Crippen molar-refractivity contribution in [1.82, 2.24) is 14.5 Å². The third-order valence-electron chi connectivity index (χ3n) is 5.38. The SMILES string of the molecule is CN(CCn1c(=O)oc2cccnc21)C1CCN(c2ccc(F)cc2)CC1. The van der Waals surface area contributed by atoms with E-state index >= 15 is 0 Å². The van der Waals surface area contributed by atoms with Crippen LogP contribution >= 0.6 is 0 Å². The third kappa shape index (κ3) is 3.73. The molecule has 0 aliphatic carbocycles. The Bertz CT molecular complexity index is 958. The zero-order valence-corrected chi connectivity index (χ0v) is 15.3. The maximum Gasteiger partial charge on any atom is 0.421 e. The number of rotatable bonds is 5. The van der Waals surface area contributed by atoms with E-state index in [0.29, 0.717) is 23.8 Å². The van der Waals surface area contributed by atoms with E-state index in [1.54, 1.807) is 22.9 Å². The highest BCUT2D eigenvalue weighted by atomic mass is 19.1. The predicted molar refractivity (Wildman–Crippen MR) is 103 cm³/mol. The van der Waals surface area contributed by atoms with Crippen LogP contribution in [0.3, 0.4) is 0 Å². The fourth-order valence-electron chi connectivity index (χ4n) is 3.75. The number of anilines is 1. The first-order chi connectivity index (χ1) is 13.1. The zero-order chi connectivity index (χ0) is 18.8. The molecule has 6 nitrogen and oxygen atoms in total. The van der Waals surface area contributed by atoms with Crippen LogP contribution in [-0.4, -0.2) is 47.2 Å². The molecular weight excluding hydrogens is 347 g/mol. The summed E-state index contributed by atoms with van der Waals surface area (Å²) < 4.78 is 19.9. The van der Waals surface area contributed by atoms with E-state index in [9.17, 15) is 9.18 Å². The maximum absolute atomic E-state index is 13.1. The lowest BCUT2D eigenvalue weighted by atomic mass is 10.0. The summed E-state index contributed by atoms with van der Waals surface area (Å²) in [5.74, 6) is -0.562. The van der Waals surface area contributed by atoms with Crippen LogP contribution in [0.1, 0.15) is 12.8 Å². The summed E-state index contributed by atoms with van der Waals surface area (Å²) in [4.78, 5) is 20.9. The van der Waals surface area contributed by atoms with Crippen molar-refractivity contribution in [3.63, 3.8) is 0 Å². The highest BCUT2D eigenvalue weighted by molar-refractivity contribution is 5.67. The summed E-state index contributed by atoms with van der Waals surface area (Å²) in [7, 11) is 2.10. The number of benzene rings is 1. The number of piperidine rings is 1. The van der Waals surface area contributed by atoms with Gasteiger partial charge in [-0.05, 0) is 56.3 Å². The summed E-state index contributed by atoms with van der Waals surface area (Å²) in [6.07, 6.45) is 3.74. The number of halogens is 1. The summed E-state index contributed by atoms with van der Waals surface area (Å²) >= 11 is 0. The number of nitrogens with zero attached hydrogens (tertiary/aromatic N) is 4. The van der Waals surface area contributed by atoms with Gasteiger partial charge in [-0.25, -0.2) is 14.2 Å². The monoisotopic (exact) mass is 370 g/mol. The first-order valence-corrected chi connectivity index (χ1v) is 9.27. The average Bonchev–Trinajstić information content (AvgIpc) is 3.02. The van der Waals surface area contributed by atoms with Gasteiger partial charge in [0.1, 0.15) is 5.82 Å². The van der Waals surface area contributed by atoms with Gasteiger partial charge in [-0.2, -0.15) is 0 Å². The molecule has 0 radical (unpaired) electrons. The van der Waals surface area contributed by atoms with E-state index < -0.39 is 0 Å². The van der Waals surface area contributed by atoms with Crippen LogP contribution in [0.25, 0.3) is 11.2 Å². The van der Waals surface area contributed by atoms with Crippen molar-refractivity contribution >= 4 is 16.9 Å². The summed E-state index contributed by atoms with van der Waals surface area (Å²) in [5.41, 5.74) is 2.19. The van der Waals surface area contributed by atoms with E-state index in [0.717, 1.165) is 38.2 Å². The lowest BCUT2D eigenvalue weighted by Crippen LogP contribution is -2.44. The second-order valence-corrected chi connectivity index (χ2v) is 7.02. The van der Waals surface area contributed by atoms with Crippen LogP contribution in [-0.2, 0) is 6.54 Å². The smallest absolute Gasteiger partial charge is 0.406 e. The molecule has 1 saturated heterocycles. The molecule has 7 heteroatoms. The minimum Gasteiger partial charge on any atom is -0.406 e. The molecule has 142 valence electrons. The second kappa shape index (κ2) is 7.52. The number of hydrogen-bond acceptors (Lipinski definition) is 5. The number of oxazole rings is 1. The van der Waals surface area contributed by atoms with Crippen molar-refractivity contribution < 1.29 is 8.81 Å². The van der Waals surface area contributed by atoms with Crippen molar-refractivity contribution in [2.45, 2.75) is 25.4 Å². The molecule has 0 spiro atoms. The van der Waals surface area contributed by atoms with E-state index in [1.807, 2.05) is 12.1 Å². The summed E-state index contributed by atoms with van der Waals surface area (Å²) in [6.45, 7) is 3.19. The molecule has 4 rings (SSSR count). The number of hydrogen-bond donors (Lipinski definition) is 0. The lowest BCUT2D eigenvalue weighted by molar-refractivity contribution is 0.200. The molecule has 1 aliphatic rings. The van der Waals surface area contributed by atoms with Crippen molar-refractivity contribution in [1.29, 1.82) is 0 Å². The van der Waals surface area contributed by atoms with Crippen LogP contribution in [0.2, 0.25) is 0 Å². The van der Waals surface area contributed by atoms with Gasteiger partial charge in [-0.1, -0.05) is 0 Å². The van der Waals surface area contributed by atoms with E-state index in [4.69, 9.17) is 4.42 Å². The molecule has 3 heterocycles. The molecule has 0 amide bonds. The molecule has 3 aromatic rings. The fourth-order valence-corrected chi connectivity index (χ4v) is 3.75. The molecule has 0 N–H and O–H groups in total. The summed E-state index contributed by atoms with van der Waals surface area (Å²) in [6, 6.07) is 10.7. The molecule has 1 aromatic carbocycles. The average molecular weight is 370 g/mol. The van der Waals surface area contributed by atoms with E-state index in [-0.39, 0.29) is 11.6 Å². The number of likely N-dealkylation sites (N-methyl/N-ethyl adjacent to an activating group) is 1. The second-order valence-electron chi connectivity index (χ2n) is 7.02.